The third-order valence-electron chi connectivity index (χ3n) is 2.56. The minimum Gasteiger partial charge on any atom is -0.401 e. The maximum atomic E-state index is 11.6. The molecule has 2 heterocycles. The summed E-state index contributed by atoms with van der Waals surface area (Å²) in [4.78, 5) is 21.3. The van der Waals surface area contributed by atoms with Crippen molar-refractivity contribution in [2.75, 3.05) is 0 Å². The zero-order chi connectivity index (χ0) is 14.5. The fraction of sp³-hybridized carbons (Fsp3) is 0.167. The zero-order valence-electron chi connectivity index (χ0n) is 10.6. The first-order valence-corrected chi connectivity index (χ1v) is 5.73. The summed E-state index contributed by atoms with van der Waals surface area (Å²) in [5.41, 5.74) is 0.861. The van der Waals surface area contributed by atoms with Crippen LogP contribution in [0.25, 0.3) is 6.08 Å². The van der Waals surface area contributed by atoms with Crippen molar-refractivity contribution in [3.63, 3.8) is 0 Å². The molecule has 0 bridgehead atoms. The van der Waals surface area contributed by atoms with Crippen LogP contribution in [0.3, 0.4) is 0 Å². The number of carbonyl (C=O) groups excluding carboxylic acids is 1. The molecule has 1 amide bonds. The number of furan rings is 1. The summed E-state index contributed by atoms with van der Waals surface area (Å²) in [6.07, 6.45) is 4.25. The van der Waals surface area contributed by atoms with Gasteiger partial charge in [-0.3, -0.25) is 19.6 Å². The molecule has 0 aromatic carbocycles. The Bertz CT molecular complexity index is 656. The summed E-state index contributed by atoms with van der Waals surface area (Å²) in [5.74, 6) is -0.447. The Morgan fingerprint density at radius 1 is 1.55 bits per heavy atom. The lowest BCUT2D eigenvalue weighted by Gasteiger charge is -2.02. The molecule has 0 saturated carbocycles. The van der Waals surface area contributed by atoms with E-state index in [1.165, 1.54) is 24.3 Å². The molecule has 0 fully saturated rings. The van der Waals surface area contributed by atoms with E-state index in [2.05, 4.69) is 10.4 Å². The quantitative estimate of drug-likeness (QED) is 0.503. The van der Waals surface area contributed by atoms with Gasteiger partial charge >= 0.3 is 5.88 Å². The van der Waals surface area contributed by atoms with Crippen molar-refractivity contribution < 1.29 is 14.1 Å². The van der Waals surface area contributed by atoms with Gasteiger partial charge in [0.15, 0.2) is 0 Å². The fourth-order valence-corrected chi connectivity index (χ4v) is 1.50. The van der Waals surface area contributed by atoms with Crippen LogP contribution in [0.2, 0.25) is 0 Å². The highest BCUT2D eigenvalue weighted by atomic mass is 16.6. The van der Waals surface area contributed by atoms with E-state index in [9.17, 15) is 14.9 Å². The number of aromatic nitrogens is 2. The van der Waals surface area contributed by atoms with Gasteiger partial charge in [0.1, 0.15) is 10.7 Å². The molecular formula is C12H12N4O4. The highest BCUT2D eigenvalue weighted by molar-refractivity contribution is 5.91. The molecule has 0 radical (unpaired) electrons. The Kier molecular flexibility index (Phi) is 3.94. The minimum atomic E-state index is -0.639. The van der Waals surface area contributed by atoms with Gasteiger partial charge in [-0.05, 0) is 18.2 Å². The Balaban J connectivity index is 1.89. The average molecular weight is 276 g/mol. The Labute approximate surface area is 113 Å². The van der Waals surface area contributed by atoms with Crippen LogP contribution in [0.15, 0.2) is 34.9 Å². The lowest BCUT2D eigenvalue weighted by molar-refractivity contribution is -0.402. The lowest BCUT2D eigenvalue weighted by Crippen LogP contribution is -2.21. The summed E-state index contributed by atoms with van der Waals surface area (Å²) in [6.45, 7) is 0.345. The Hall–Kier alpha value is -2.90. The minimum absolute atomic E-state index is 0.243. The third kappa shape index (κ3) is 3.31. The van der Waals surface area contributed by atoms with Gasteiger partial charge in [-0.15, -0.1) is 0 Å². The van der Waals surface area contributed by atoms with Crippen molar-refractivity contribution >= 4 is 17.9 Å². The van der Waals surface area contributed by atoms with Gasteiger partial charge in [-0.2, -0.15) is 5.10 Å². The normalized spacial score (nSPS) is 10.8. The van der Waals surface area contributed by atoms with E-state index in [1.807, 2.05) is 0 Å². The van der Waals surface area contributed by atoms with Gasteiger partial charge in [-0.1, -0.05) is 0 Å². The van der Waals surface area contributed by atoms with E-state index >= 15 is 0 Å². The maximum Gasteiger partial charge on any atom is 0.433 e. The van der Waals surface area contributed by atoms with Crippen molar-refractivity contribution in [3.8, 4) is 0 Å². The first-order valence-electron chi connectivity index (χ1n) is 5.73. The second-order valence-electron chi connectivity index (χ2n) is 3.93. The number of amides is 1. The molecule has 0 atom stereocenters. The first-order chi connectivity index (χ1) is 9.56. The number of aryl methyl sites for hydroxylation is 1. The average Bonchev–Trinajstić information content (AvgIpc) is 3.03. The van der Waals surface area contributed by atoms with Crippen molar-refractivity contribution in [1.29, 1.82) is 0 Å². The third-order valence-corrected chi connectivity index (χ3v) is 2.56. The molecule has 2 aromatic heterocycles. The van der Waals surface area contributed by atoms with Crippen molar-refractivity contribution in [2.24, 2.45) is 7.05 Å². The largest absolute Gasteiger partial charge is 0.433 e. The zero-order valence-corrected chi connectivity index (χ0v) is 10.6. The maximum absolute atomic E-state index is 11.6. The van der Waals surface area contributed by atoms with Crippen LogP contribution >= 0.6 is 0 Å². The molecule has 0 unspecified atom stereocenters. The SMILES string of the molecule is Cn1nccc1CNC(=O)/C=C/c1ccc([N+](=O)[O-])o1. The van der Waals surface area contributed by atoms with Gasteiger partial charge < -0.3 is 9.73 Å². The predicted molar refractivity (Wildman–Crippen MR) is 69.5 cm³/mol. The fourth-order valence-electron chi connectivity index (χ4n) is 1.50. The van der Waals surface area contributed by atoms with Crippen LogP contribution in [0.5, 0.6) is 0 Å². The molecule has 20 heavy (non-hydrogen) atoms. The summed E-state index contributed by atoms with van der Waals surface area (Å²) in [6, 6.07) is 4.44. The number of nitro groups is 1. The molecular weight excluding hydrogens is 264 g/mol. The molecule has 0 aliphatic rings. The van der Waals surface area contributed by atoms with Crippen LogP contribution in [-0.2, 0) is 18.4 Å². The van der Waals surface area contributed by atoms with Crippen LogP contribution in [-0.4, -0.2) is 20.6 Å². The second-order valence-corrected chi connectivity index (χ2v) is 3.93. The van der Waals surface area contributed by atoms with Crippen LogP contribution in [0.1, 0.15) is 11.5 Å². The molecule has 0 aliphatic carbocycles. The van der Waals surface area contributed by atoms with Crippen molar-refractivity contribution in [1.82, 2.24) is 15.1 Å². The lowest BCUT2D eigenvalue weighted by atomic mass is 10.3. The number of nitrogens with one attached hydrogen (secondary N) is 1. The molecule has 2 aromatic rings. The van der Waals surface area contributed by atoms with Gasteiger partial charge in [-0.25, -0.2) is 0 Å². The van der Waals surface area contributed by atoms with Gasteiger partial charge in [0.2, 0.25) is 5.91 Å². The number of carbonyl (C=O) groups is 1. The molecule has 0 spiro atoms. The van der Waals surface area contributed by atoms with Crippen molar-refractivity contribution in [3.05, 3.63) is 52.0 Å². The predicted octanol–water partition coefficient (Wildman–Crippen LogP) is 1.25. The van der Waals surface area contributed by atoms with E-state index in [1.54, 1.807) is 24.0 Å². The van der Waals surface area contributed by atoms with Crippen LogP contribution < -0.4 is 5.32 Å². The van der Waals surface area contributed by atoms with E-state index in [4.69, 9.17) is 4.42 Å². The van der Waals surface area contributed by atoms with Crippen LogP contribution in [0, 0.1) is 10.1 Å². The van der Waals surface area contributed by atoms with E-state index in [0.717, 1.165) is 5.69 Å². The van der Waals surface area contributed by atoms with E-state index < -0.39 is 4.92 Å². The molecule has 8 nitrogen and oxygen atoms in total. The Morgan fingerprint density at radius 3 is 2.95 bits per heavy atom. The molecule has 1 N–H and O–H groups in total. The molecule has 2 rings (SSSR count). The second kappa shape index (κ2) is 5.83. The monoisotopic (exact) mass is 276 g/mol. The van der Waals surface area contributed by atoms with Crippen molar-refractivity contribution in [2.45, 2.75) is 6.54 Å². The van der Waals surface area contributed by atoms with Gasteiger partial charge in [0, 0.05) is 19.3 Å². The van der Waals surface area contributed by atoms with E-state index in [0.29, 0.717) is 6.54 Å². The van der Waals surface area contributed by atoms with Gasteiger partial charge in [0.05, 0.1) is 18.3 Å². The number of hydrogen-bond donors (Lipinski definition) is 1. The standard InChI is InChI=1S/C12H12N4O4/c1-15-9(6-7-14-15)8-13-11(17)4-2-10-3-5-12(20-10)16(18)19/h2-7H,8H2,1H3,(H,13,17)/b4-2+. The highest BCUT2D eigenvalue weighted by Gasteiger charge is 2.10. The van der Waals surface area contributed by atoms with E-state index in [-0.39, 0.29) is 17.6 Å². The molecule has 0 aliphatic heterocycles. The molecule has 8 heteroatoms. The first kappa shape index (κ1) is 13.5. The summed E-state index contributed by atoms with van der Waals surface area (Å²) < 4.78 is 6.54. The smallest absolute Gasteiger partial charge is 0.401 e. The molecule has 0 saturated heterocycles. The topological polar surface area (TPSA) is 103 Å². The number of hydrogen-bond acceptors (Lipinski definition) is 5. The summed E-state index contributed by atoms with van der Waals surface area (Å²) in [5, 5.41) is 17.1. The number of rotatable bonds is 5. The van der Waals surface area contributed by atoms with Crippen LogP contribution in [0.4, 0.5) is 5.88 Å². The molecule has 104 valence electrons. The summed E-state index contributed by atoms with van der Waals surface area (Å²) >= 11 is 0. The Morgan fingerprint density at radius 2 is 2.35 bits per heavy atom. The highest BCUT2D eigenvalue weighted by Crippen LogP contribution is 2.16. The number of nitrogens with zero attached hydrogens (tertiary/aromatic N) is 3. The van der Waals surface area contributed by atoms with Gasteiger partial charge in [0.25, 0.3) is 0 Å². The summed E-state index contributed by atoms with van der Waals surface area (Å²) in [7, 11) is 1.78.